The molecule has 2 rings (SSSR count). The highest BCUT2D eigenvalue weighted by molar-refractivity contribution is 7.92. The Balaban J connectivity index is 2.64. The SMILES string of the molecule is CC1Nc2ccc(F)cc2S(=O)(=O)C1CO. The molecule has 0 spiro atoms. The summed E-state index contributed by atoms with van der Waals surface area (Å²) in [6.45, 7) is 1.19. The van der Waals surface area contributed by atoms with Crippen LogP contribution in [0.3, 0.4) is 0 Å². The van der Waals surface area contributed by atoms with Gasteiger partial charge in [0.1, 0.15) is 11.1 Å². The van der Waals surface area contributed by atoms with E-state index in [1.807, 2.05) is 0 Å². The van der Waals surface area contributed by atoms with Gasteiger partial charge in [-0.15, -0.1) is 0 Å². The Bertz CT molecular complexity index is 515. The number of benzene rings is 1. The van der Waals surface area contributed by atoms with Crippen molar-refractivity contribution in [1.82, 2.24) is 0 Å². The number of hydrogen-bond acceptors (Lipinski definition) is 4. The first-order chi connectivity index (χ1) is 7.46. The third-order valence-corrected chi connectivity index (χ3v) is 5.07. The maximum atomic E-state index is 13.0. The number of aliphatic hydroxyl groups is 1. The summed E-state index contributed by atoms with van der Waals surface area (Å²) in [6, 6.07) is 3.18. The van der Waals surface area contributed by atoms with E-state index < -0.39 is 33.6 Å². The predicted octanol–water partition coefficient (Wildman–Crippen LogP) is 0.774. The summed E-state index contributed by atoms with van der Waals surface area (Å²) in [5, 5.41) is 11.1. The van der Waals surface area contributed by atoms with E-state index in [9.17, 15) is 12.8 Å². The number of rotatable bonds is 1. The lowest BCUT2D eigenvalue weighted by molar-refractivity contribution is 0.282. The van der Waals surface area contributed by atoms with Crippen molar-refractivity contribution in [2.75, 3.05) is 11.9 Å². The number of halogens is 1. The Hall–Kier alpha value is -1.14. The molecule has 0 bridgehead atoms. The van der Waals surface area contributed by atoms with Crippen molar-refractivity contribution >= 4 is 15.5 Å². The van der Waals surface area contributed by atoms with Crippen molar-refractivity contribution in [2.45, 2.75) is 23.1 Å². The summed E-state index contributed by atoms with van der Waals surface area (Å²) < 4.78 is 37.1. The van der Waals surface area contributed by atoms with E-state index in [0.717, 1.165) is 6.07 Å². The second kappa shape index (κ2) is 3.71. The maximum absolute atomic E-state index is 13.0. The lowest BCUT2D eigenvalue weighted by Crippen LogP contribution is -2.44. The third-order valence-electron chi connectivity index (χ3n) is 2.77. The third kappa shape index (κ3) is 1.58. The molecule has 1 aliphatic rings. The topological polar surface area (TPSA) is 66.4 Å². The maximum Gasteiger partial charge on any atom is 0.187 e. The predicted molar refractivity (Wildman–Crippen MR) is 57.5 cm³/mol. The molecule has 0 radical (unpaired) electrons. The normalized spacial score (nSPS) is 26.9. The van der Waals surface area contributed by atoms with Gasteiger partial charge in [0.15, 0.2) is 9.84 Å². The van der Waals surface area contributed by atoms with Crippen molar-refractivity contribution in [3.8, 4) is 0 Å². The minimum absolute atomic E-state index is 0.0790. The first-order valence-electron chi connectivity index (χ1n) is 4.87. The minimum Gasteiger partial charge on any atom is -0.395 e. The second-order valence-electron chi connectivity index (χ2n) is 3.84. The van der Waals surface area contributed by atoms with E-state index in [0.29, 0.717) is 5.69 Å². The zero-order chi connectivity index (χ0) is 11.9. The van der Waals surface area contributed by atoms with Gasteiger partial charge in [0.2, 0.25) is 0 Å². The average molecular weight is 245 g/mol. The highest BCUT2D eigenvalue weighted by Crippen LogP contribution is 2.32. The number of anilines is 1. The highest BCUT2D eigenvalue weighted by atomic mass is 32.2. The number of fused-ring (bicyclic) bond motifs is 1. The molecule has 1 aromatic rings. The fourth-order valence-electron chi connectivity index (χ4n) is 1.88. The molecule has 1 aromatic carbocycles. The van der Waals surface area contributed by atoms with Crippen molar-refractivity contribution < 1.29 is 17.9 Å². The molecule has 1 aliphatic heterocycles. The first-order valence-corrected chi connectivity index (χ1v) is 6.42. The molecule has 88 valence electrons. The zero-order valence-corrected chi connectivity index (χ0v) is 9.46. The van der Waals surface area contributed by atoms with Gasteiger partial charge in [0.25, 0.3) is 0 Å². The van der Waals surface area contributed by atoms with Gasteiger partial charge in [-0.05, 0) is 25.1 Å². The van der Waals surface area contributed by atoms with Gasteiger partial charge in [-0.25, -0.2) is 12.8 Å². The lowest BCUT2D eigenvalue weighted by Gasteiger charge is -2.30. The fraction of sp³-hybridized carbons (Fsp3) is 0.400. The van der Waals surface area contributed by atoms with Crippen LogP contribution in [0.2, 0.25) is 0 Å². The van der Waals surface area contributed by atoms with Crippen LogP contribution in [0, 0.1) is 5.82 Å². The lowest BCUT2D eigenvalue weighted by atomic mass is 10.2. The van der Waals surface area contributed by atoms with Crippen LogP contribution in [-0.2, 0) is 9.84 Å². The number of nitrogens with one attached hydrogen (secondary N) is 1. The monoisotopic (exact) mass is 245 g/mol. The molecule has 0 aromatic heterocycles. The van der Waals surface area contributed by atoms with Crippen molar-refractivity contribution in [1.29, 1.82) is 0 Å². The van der Waals surface area contributed by atoms with Crippen LogP contribution in [0.1, 0.15) is 6.92 Å². The number of aliphatic hydroxyl groups excluding tert-OH is 1. The summed E-state index contributed by atoms with van der Waals surface area (Å²) in [5.41, 5.74) is 0.388. The highest BCUT2D eigenvalue weighted by Gasteiger charge is 2.38. The molecule has 1 heterocycles. The molecular weight excluding hydrogens is 233 g/mol. The van der Waals surface area contributed by atoms with Crippen LogP contribution in [0.15, 0.2) is 23.1 Å². The van der Waals surface area contributed by atoms with E-state index in [1.54, 1.807) is 6.92 Å². The summed E-state index contributed by atoms with van der Waals surface area (Å²) >= 11 is 0. The Morgan fingerprint density at radius 2 is 2.19 bits per heavy atom. The molecule has 4 nitrogen and oxygen atoms in total. The van der Waals surface area contributed by atoms with E-state index in [4.69, 9.17) is 5.11 Å². The van der Waals surface area contributed by atoms with E-state index in [1.165, 1.54) is 12.1 Å². The van der Waals surface area contributed by atoms with Crippen LogP contribution in [0.5, 0.6) is 0 Å². The molecule has 2 N–H and O–H groups in total. The van der Waals surface area contributed by atoms with Gasteiger partial charge in [-0.2, -0.15) is 0 Å². The molecule has 2 unspecified atom stereocenters. The molecule has 0 saturated carbocycles. The Morgan fingerprint density at radius 3 is 2.81 bits per heavy atom. The molecular formula is C10H12FNO3S. The van der Waals surface area contributed by atoms with Gasteiger partial charge < -0.3 is 10.4 Å². The Morgan fingerprint density at radius 1 is 1.50 bits per heavy atom. The molecule has 0 fully saturated rings. The molecule has 0 aliphatic carbocycles. The van der Waals surface area contributed by atoms with Crippen LogP contribution in [0.4, 0.5) is 10.1 Å². The first kappa shape index (κ1) is 11.3. The second-order valence-corrected chi connectivity index (χ2v) is 5.97. The van der Waals surface area contributed by atoms with Crippen LogP contribution in [0.25, 0.3) is 0 Å². The summed E-state index contributed by atoms with van der Waals surface area (Å²) in [6.07, 6.45) is 0. The van der Waals surface area contributed by atoms with E-state index in [-0.39, 0.29) is 4.90 Å². The number of sulfone groups is 1. The van der Waals surface area contributed by atoms with Gasteiger partial charge in [0.05, 0.1) is 17.2 Å². The van der Waals surface area contributed by atoms with Gasteiger partial charge >= 0.3 is 0 Å². The van der Waals surface area contributed by atoms with Gasteiger partial charge in [0, 0.05) is 6.04 Å². The van der Waals surface area contributed by atoms with Crippen molar-refractivity contribution in [2.24, 2.45) is 0 Å². The zero-order valence-electron chi connectivity index (χ0n) is 8.64. The van der Waals surface area contributed by atoms with Crippen LogP contribution in [-0.4, -0.2) is 31.4 Å². The Kier molecular flexibility index (Phi) is 2.63. The molecule has 16 heavy (non-hydrogen) atoms. The standard InChI is InChI=1S/C10H12FNO3S/c1-6-10(5-13)16(14,15)9-4-7(11)2-3-8(9)12-6/h2-4,6,10,12-13H,5H2,1H3. The molecule has 0 amide bonds. The van der Waals surface area contributed by atoms with Crippen molar-refractivity contribution in [3.63, 3.8) is 0 Å². The molecule has 2 atom stereocenters. The van der Waals surface area contributed by atoms with Crippen LogP contribution >= 0.6 is 0 Å². The van der Waals surface area contributed by atoms with Gasteiger partial charge in [-0.1, -0.05) is 0 Å². The summed E-state index contributed by atoms with van der Waals surface area (Å²) in [7, 11) is -3.66. The smallest absolute Gasteiger partial charge is 0.187 e. The fourth-order valence-corrected chi connectivity index (χ4v) is 3.72. The molecule has 6 heteroatoms. The van der Waals surface area contributed by atoms with E-state index >= 15 is 0 Å². The quantitative estimate of drug-likeness (QED) is 0.767. The molecule has 0 saturated heterocycles. The largest absolute Gasteiger partial charge is 0.395 e. The number of hydrogen-bond donors (Lipinski definition) is 2. The Labute approximate surface area is 93.0 Å². The van der Waals surface area contributed by atoms with E-state index in [2.05, 4.69) is 5.32 Å². The summed E-state index contributed by atoms with van der Waals surface area (Å²) in [5.74, 6) is -0.602. The average Bonchev–Trinajstić information content (AvgIpc) is 2.19. The summed E-state index contributed by atoms with van der Waals surface area (Å²) in [4.78, 5) is -0.0790. The van der Waals surface area contributed by atoms with Crippen LogP contribution < -0.4 is 5.32 Å². The van der Waals surface area contributed by atoms with Gasteiger partial charge in [-0.3, -0.25) is 0 Å². The minimum atomic E-state index is -3.66. The van der Waals surface area contributed by atoms with Crippen molar-refractivity contribution in [3.05, 3.63) is 24.0 Å².